The Morgan fingerprint density at radius 1 is 1.56 bits per heavy atom. The molecule has 0 aliphatic carbocycles. The minimum absolute atomic E-state index is 0.0337. The Hall–Kier alpha value is -2.18. The second-order valence-electron chi connectivity index (χ2n) is 3.83. The second kappa shape index (κ2) is 5.44. The summed E-state index contributed by atoms with van der Waals surface area (Å²) in [5.41, 5.74) is 0.744. The minimum Gasteiger partial charge on any atom is -0.457 e. The summed E-state index contributed by atoms with van der Waals surface area (Å²) in [5.74, 6) is 0.225. The largest absolute Gasteiger partial charge is 0.457 e. The molecule has 0 saturated carbocycles. The van der Waals surface area contributed by atoms with Gasteiger partial charge in [-0.1, -0.05) is 6.92 Å². The molecule has 96 valence electrons. The van der Waals surface area contributed by atoms with Gasteiger partial charge in [0.25, 0.3) is 0 Å². The van der Waals surface area contributed by atoms with Gasteiger partial charge in [-0.2, -0.15) is 0 Å². The summed E-state index contributed by atoms with van der Waals surface area (Å²) in [6.45, 7) is 4.52. The van der Waals surface area contributed by atoms with Crippen LogP contribution < -0.4 is 0 Å². The fourth-order valence-electron chi connectivity index (χ4n) is 1.49. The Morgan fingerprint density at radius 3 is 3.06 bits per heavy atom. The number of carbonyl (C=O) groups is 1. The molecule has 0 spiro atoms. The van der Waals surface area contributed by atoms with Crippen LogP contribution >= 0.6 is 0 Å². The zero-order valence-corrected chi connectivity index (χ0v) is 10.3. The van der Waals surface area contributed by atoms with Gasteiger partial charge in [-0.25, -0.2) is 9.48 Å². The van der Waals surface area contributed by atoms with Gasteiger partial charge in [0.15, 0.2) is 12.4 Å². The normalized spacial score (nSPS) is 10.6. The van der Waals surface area contributed by atoms with Crippen molar-refractivity contribution >= 4 is 5.97 Å². The molecule has 7 nitrogen and oxygen atoms in total. The first kappa shape index (κ1) is 12.3. The second-order valence-corrected chi connectivity index (χ2v) is 3.83. The van der Waals surface area contributed by atoms with Crippen molar-refractivity contribution in [3.05, 3.63) is 29.5 Å². The average Bonchev–Trinajstić information content (AvgIpc) is 2.96. The van der Waals surface area contributed by atoms with Crippen LogP contribution in [0.1, 0.15) is 35.3 Å². The van der Waals surface area contributed by atoms with E-state index >= 15 is 0 Å². The van der Waals surface area contributed by atoms with Crippen LogP contribution in [-0.2, 0) is 17.9 Å². The van der Waals surface area contributed by atoms with E-state index in [1.807, 2.05) is 6.92 Å². The van der Waals surface area contributed by atoms with Crippen molar-refractivity contribution in [2.45, 2.75) is 33.4 Å². The van der Waals surface area contributed by atoms with Crippen LogP contribution in [0.5, 0.6) is 0 Å². The molecule has 0 N–H and O–H groups in total. The molecule has 2 rings (SSSR count). The van der Waals surface area contributed by atoms with Gasteiger partial charge in [0.2, 0.25) is 5.76 Å². The molecule has 0 aliphatic rings. The molecule has 0 atom stereocenters. The molecular formula is C11H14N4O3. The van der Waals surface area contributed by atoms with Gasteiger partial charge >= 0.3 is 5.97 Å². The molecule has 0 fully saturated rings. The maximum Gasteiger partial charge on any atom is 0.374 e. The van der Waals surface area contributed by atoms with Crippen LogP contribution in [0.2, 0.25) is 0 Å². The van der Waals surface area contributed by atoms with Gasteiger partial charge in [0.05, 0.1) is 6.26 Å². The van der Waals surface area contributed by atoms with E-state index in [1.54, 1.807) is 17.7 Å². The van der Waals surface area contributed by atoms with Gasteiger partial charge in [0, 0.05) is 12.1 Å². The summed E-state index contributed by atoms with van der Waals surface area (Å²) in [6.07, 6.45) is 2.36. The van der Waals surface area contributed by atoms with E-state index in [0.29, 0.717) is 12.4 Å². The average molecular weight is 250 g/mol. The van der Waals surface area contributed by atoms with Crippen molar-refractivity contribution in [2.75, 3.05) is 0 Å². The highest BCUT2D eigenvalue weighted by Crippen LogP contribution is 2.11. The van der Waals surface area contributed by atoms with E-state index < -0.39 is 5.97 Å². The molecule has 18 heavy (non-hydrogen) atoms. The molecule has 2 heterocycles. The van der Waals surface area contributed by atoms with Crippen molar-refractivity contribution in [1.29, 1.82) is 0 Å². The molecular weight excluding hydrogens is 236 g/mol. The lowest BCUT2D eigenvalue weighted by Crippen LogP contribution is -2.11. The number of ether oxygens (including phenoxy) is 1. The van der Waals surface area contributed by atoms with Gasteiger partial charge in [-0.05, 0) is 29.8 Å². The molecule has 7 heteroatoms. The summed E-state index contributed by atoms with van der Waals surface area (Å²) in [5, 5.41) is 11.2. The Balaban J connectivity index is 1.97. The van der Waals surface area contributed by atoms with Gasteiger partial charge in [-0.15, -0.1) is 5.10 Å². The Kier molecular flexibility index (Phi) is 3.71. The number of carbonyl (C=O) groups excluding carboxylic acids is 1. The lowest BCUT2D eigenvalue weighted by molar-refractivity contribution is 0.0419. The number of nitrogens with zero attached hydrogens (tertiary/aromatic N) is 4. The third-order valence-corrected chi connectivity index (χ3v) is 2.42. The molecule has 0 saturated heterocycles. The summed E-state index contributed by atoms with van der Waals surface area (Å²) in [6, 6.07) is 1.71. The van der Waals surface area contributed by atoms with Crippen LogP contribution in [0.15, 0.2) is 16.7 Å². The molecule has 2 aromatic rings. The van der Waals surface area contributed by atoms with E-state index in [0.717, 1.165) is 12.0 Å². The number of aromatic nitrogens is 4. The van der Waals surface area contributed by atoms with Gasteiger partial charge in [0.1, 0.15) is 0 Å². The smallest absolute Gasteiger partial charge is 0.374 e. The van der Waals surface area contributed by atoms with Crippen molar-refractivity contribution in [2.24, 2.45) is 0 Å². The standard InChI is InChI=1S/C11H14N4O3/c1-3-5-15-9(12-13-14-15)7-18-11(16)10-8(2)4-6-17-10/h4,6H,3,5,7H2,1-2H3. The summed E-state index contributed by atoms with van der Waals surface area (Å²) in [4.78, 5) is 11.7. The van der Waals surface area contributed by atoms with Crippen molar-refractivity contribution in [3.8, 4) is 0 Å². The zero-order valence-electron chi connectivity index (χ0n) is 10.3. The molecule has 0 amide bonds. The number of tetrazole rings is 1. The first-order valence-electron chi connectivity index (χ1n) is 5.68. The third-order valence-electron chi connectivity index (χ3n) is 2.42. The fourth-order valence-corrected chi connectivity index (χ4v) is 1.49. The van der Waals surface area contributed by atoms with E-state index in [4.69, 9.17) is 9.15 Å². The first-order valence-corrected chi connectivity index (χ1v) is 5.68. The van der Waals surface area contributed by atoms with E-state index in [1.165, 1.54) is 6.26 Å². The quantitative estimate of drug-likeness (QED) is 0.745. The van der Waals surface area contributed by atoms with E-state index in [-0.39, 0.29) is 12.4 Å². The number of hydrogen-bond donors (Lipinski definition) is 0. The van der Waals surface area contributed by atoms with Gasteiger partial charge < -0.3 is 9.15 Å². The third kappa shape index (κ3) is 2.55. The highest BCUT2D eigenvalue weighted by atomic mass is 16.5. The van der Waals surface area contributed by atoms with Crippen LogP contribution in [0.4, 0.5) is 0 Å². The molecule has 0 aliphatic heterocycles. The number of esters is 1. The lowest BCUT2D eigenvalue weighted by Gasteiger charge is -2.04. The van der Waals surface area contributed by atoms with Crippen LogP contribution in [0.3, 0.4) is 0 Å². The molecule has 0 radical (unpaired) electrons. The van der Waals surface area contributed by atoms with Crippen LogP contribution in [-0.4, -0.2) is 26.2 Å². The van der Waals surface area contributed by atoms with E-state index in [9.17, 15) is 4.79 Å². The Bertz CT molecular complexity index is 532. The number of hydrogen-bond acceptors (Lipinski definition) is 6. The summed E-state index contributed by atoms with van der Waals surface area (Å²) >= 11 is 0. The maximum atomic E-state index is 11.7. The Labute approximate surface area is 104 Å². The SMILES string of the molecule is CCCn1nnnc1COC(=O)c1occc1C. The predicted octanol–water partition coefficient (Wildman–Crippen LogP) is 1.34. The van der Waals surface area contributed by atoms with Crippen LogP contribution in [0, 0.1) is 6.92 Å². The first-order chi connectivity index (χ1) is 8.72. The minimum atomic E-state index is -0.511. The Morgan fingerprint density at radius 2 is 2.39 bits per heavy atom. The number of aryl methyl sites for hydroxylation is 2. The molecule has 0 aromatic carbocycles. The number of rotatable bonds is 5. The van der Waals surface area contributed by atoms with Crippen molar-refractivity contribution in [1.82, 2.24) is 20.2 Å². The van der Waals surface area contributed by atoms with Gasteiger partial charge in [-0.3, -0.25) is 0 Å². The monoisotopic (exact) mass is 250 g/mol. The topological polar surface area (TPSA) is 83.0 Å². The van der Waals surface area contributed by atoms with Crippen LogP contribution in [0.25, 0.3) is 0 Å². The molecule has 0 unspecified atom stereocenters. The lowest BCUT2D eigenvalue weighted by atomic mass is 10.3. The summed E-state index contributed by atoms with van der Waals surface area (Å²) in [7, 11) is 0. The van der Waals surface area contributed by atoms with E-state index in [2.05, 4.69) is 15.5 Å². The zero-order chi connectivity index (χ0) is 13.0. The number of furan rings is 1. The predicted molar refractivity (Wildman–Crippen MR) is 60.7 cm³/mol. The molecule has 2 aromatic heterocycles. The fraction of sp³-hybridized carbons (Fsp3) is 0.455. The highest BCUT2D eigenvalue weighted by molar-refractivity contribution is 5.87. The molecule has 0 bridgehead atoms. The highest BCUT2D eigenvalue weighted by Gasteiger charge is 2.16. The van der Waals surface area contributed by atoms with Crippen molar-refractivity contribution in [3.63, 3.8) is 0 Å². The summed E-state index contributed by atoms with van der Waals surface area (Å²) < 4.78 is 11.8. The van der Waals surface area contributed by atoms with Crippen molar-refractivity contribution < 1.29 is 13.9 Å². The maximum absolute atomic E-state index is 11.7.